The van der Waals surface area contributed by atoms with Gasteiger partial charge < -0.3 is 4.74 Å². The average molecular weight is 325 g/mol. The Bertz CT molecular complexity index is 643. The largest absolute Gasteiger partial charge is 0.457 e. The molecule has 2 aromatic carbocycles. The first-order valence-electron chi connectivity index (χ1n) is 9.06. The first kappa shape index (κ1) is 16.3. The highest BCUT2D eigenvalue weighted by atomic mass is 28.3. The molecule has 1 aliphatic carbocycles. The maximum Gasteiger partial charge on any atom is 0.127 e. The SMILES string of the molecule is CC[SiH](CC)[C@H]1CCc2ccc(Oc3ccc(C)cc3)cc2C1. The summed E-state index contributed by atoms with van der Waals surface area (Å²) in [5.41, 5.74) is 5.32. The minimum absolute atomic E-state index is 0.563. The van der Waals surface area contributed by atoms with Crippen molar-refractivity contribution < 1.29 is 4.74 Å². The van der Waals surface area contributed by atoms with E-state index in [2.05, 4.69) is 63.2 Å². The Morgan fingerprint density at radius 2 is 1.65 bits per heavy atom. The van der Waals surface area contributed by atoms with Gasteiger partial charge >= 0.3 is 0 Å². The molecule has 122 valence electrons. The number of aryl methyl sites for hydroxylation is 2. The number of hydrogen-bond donors (Lipinski definition) is 0. The summed E-state index contributed by atoms with van der Waals surface area (Å²) in [6, 6.07) is 17.9. The van der Waals surface area contributed by atoms with Crippen molar-refractivity contribution in [2.24, 2.45) is 0 Å². The van der Waals surface area contributed by atoms with Gasteiger partial charge in [-0.15, -0.1) is 0 Å². The Labute approximate surface area is 142 Å². The molecule has 0 aromatic heterocycles. The average Bonchev–Trinajstić information content (AvgIpc) is 2.58. The van der Waals surface area contributed by atoms with E-state index in [0.717, 1.165) is 17.0 Å². The number of ether oxygens (including phenoxy) is 1. The second-order valence-corrected chi connectivity index (χ2v) is 11.0. The topological polar surface area (TPSA) is 9.23 Å². The van der Waals surface area contributed by atoms with Gasteiger partial charge in [0.25, 0.3) is 0 Å². The van der Waals surface area contributed by atoms with Crippen LogP contribution in [0.3, 0.4) is 0 Å². The number of benzene rings is 2. The first-order chi connectivity index (χ1) is 11.2. The van der Waals surface area contributed by atoms with Crippen molar-refractivity contribution in [1.82, 2.24) is 0 Å². The van der Waals surface area contributed by atoms with E-state index < -0.39 is 8.80 Å². The van der Waals surface area contributed by atoms with E-state index in [0.29, 0.717) is 0 Å². The lowest BCUT2D eigenvalue weighted by Crippen LogP contribution is -2.24. The molecule has 0 aliphatic heterocycles. The van der Waals surface area contributed by atoms with Crippen LogP contribution >= 0.6 is 0 Å². The quantitative estimate of drug-likeness (QED) is 0.621. The molecule has 0 spiro atoms. The summed E-state index contributed by atoms with van der Waals surface area (Å²) in [7, 11) is -0.563. The molecule has 2 aromatic rings. The summed E-state index contributed by atoms with van der Waals surface area (Å²) in [6.45, 7) is 6.89. The van der Waals surface area contributed by atoms with E-state index in [1.165, 1.54) is 48.0 Å². The predicted molar refractivity (Wildman–Crippen MR) is 102 cm³/mol. The van der Waals surface area contributed by atoms with Gasteiger partial charge in [-0.2, -0.15) is 0 Å². The van der Waals surface area contributed by atoms with Crippen LogP contribution in [0.1, 0.15) is 37.0 Å². The van der Waals surface area contributed by atoms with Crippen molar-refractivity contribution in [3.8, 4) is 11.5 Å². The van der Waals surface area contributed by atoms with Gasteiger partial charge in [0.2, 0.25) is 0 Å². The molecule has 0 saturated heterocycles. The van der Waals surface area contributed by atoms with Gasteiger partial charge in [-0.1, -0.05) is 49.7 Å². The summed E-state index contributed by atoms with van der Waals surface area (Å²) >= 11 is 0. The second-order valence-electron chi connectivity index (χ2n) is 6.93. The molecule has 0 radical (unpaired) electrons. The summed E-state index contributed by atoms with van der Waals surface area (Å²) in [6.07, 6.45) is 3.94. The summed E-state index contributed by atoms with van der Waals surface area (Å²) in [5, 5.41) is 0. The third kappa shape index (κ3) is 3.87. The minimum atomic E-state index is -0.563. The lowest BCUT2D eigenvalue weighted by atomic mass is 9.91. The molecule has 0 bridgehead atoms. The van der Waals surface area contributed by atoms with Gasteiger partial charge in [-0.3, -0.25) is 0 Å². The lowest BCUT2D eigenvalue weighted by Gasteiger charge is -2.30. The van der Waals surface area contributed by atoms with Crippen LogP contribution in [0.2, 0.25) is 17.6 Å². The lowest BCUT2D eigenvalue weighted by molar-refractivity contribution is 0.480. The molecule has 0 N–H and O–H groups in total. The van der Waals surface area contributed by atoms with Crippen molar-refractivity contribution in [3.05, 3.63) is 59.2 Å². The zero-order valence-corrected chi connectivity index (χ0v) is 15.8. The molecule has 0 saturated carbocycles. The molecular formula is C21H28OSi. The zero-order chi connectivity index (χ0) is 16.2. The molecule has 0 unspecified atom stereocenters. The number of rotatable bonds is 5. The Morgan fingerprint density at radius 1 is 0.957 bits per heavy atom. The van der Waals surface area contributed by atoms with E-state index in [1.807, 2.05) is 0 Å². The van der Waals surface area contributed by atoms with Crippen LogP contribution in [-0.4, -0.2) is 8.80 Å². The highest BCUT2D eigenvalue weighted by molar-refractivity contribution is 6.60. The Hall–Kier alpha value is -1.54. The third-order valence-corrected chi connectivity index (χ3v) is 9.42. The molecule has 0 amide bonds. The first-order valence-corrected chi connectivity index (χ1v) is 11.4. The molecule has 1 atom stereocenters. The van der Waals surface area contributed by atoms with Crippen LogP contribution in [0.25, 0.3) is 0 Å². The maximum absolute atomic E-state index is 6.06. The van der Waals surface area contributed by atoms with Crippen molar-refractivity contribution >= 4 is 8.80 Å². The van der Waals surface area contributed by atoms with E-state index >= 15 is 0 Å². The monoisotopic (exact) mass is 324 g/mol. The van der Waals surface area contributed by atoms with Gasteiger partial charge in [0.1, 0.15) is 11.5 Å². The molecule has 3 rings (SSSR count). The third-order valence-electron chi connectivity index (χ3n) is 5.42. The smallest absolute Gasteiger partial charge is 0.127 e. The van der Waals surface area contributed by atoms with Crippen molar-refractivity contribution in [2.75, 3.05) is 0 Å². The van der Waals surface area contributed by atoms with Crippen LogP contribution in [0.5, 0.6) is 11.5 Å². The number of fused-ring (bicyclic) bond motifs is 1. The zero-order valence-electron chi connectivity index (χ0n) is 14.6. The van der Waals surface area contributed by atoms with Gasteiger partial charge in [0, 0.05) is 8.80 Å². The minimum Gasteiger partial charge on any atom is -0.457 e. The van der Waals surface area contributed by atoms with Crippen LogP contribution in [0, 0.1) is 6.92 Å². The van der Waals surface area contributed by atoms with Crippen molar-refractivity contribution in [1.29, 1.82) is 0 Å². The number of hydrogen-bond acceptors (Lipinski definition) is 1. The standard InChI is InChI=1S/C21H28OSi/c1-4-23(5-2)21-13-9-17-8-12-20(14-18(17)15-21)22-19-10-6-16(3)7-11-19/h6-8,10-12,14,21,23H,4-5,9,13,15H2,1-3H3/t21-/m0/s1. The fourth-order valence-corrected chi connectivity index (χ4v) is 7.06. The highest BCUT2D eigenvalue weighted by Gasteiger charge is 2.25. The second kappa shape index (κ2) is 7.35. The van der Waals surface area contributed by atoms with E-state index in [4.69, 9.17) is 4.74 Å². The Kier molecular flexibility index (Phi) is 5.22. The normalized spacial score (nSPS) is 17.1. The fourth-order valence-electron chi connectivity index (χ4n) is 3.93. The van der Waals surface area contributed by atoms with Gasteiger partial charge in [0.15, 0.2) is 0 Å². The molecule has 0 fully saturated rings. The van der Waals surface area contributed by atoms with Crippen molar-refractivity contribution in [2.45, 2.75) is 57.7 Å². The van der Waals surface area contributed by atoms with E-state index in [9.17, 15) is 0 Å². The summed E-state index contributed by atoms with van der Waals surface area (Å²) < 4.78 is 6.06. The van der Waals surface area contributed by atoms with Crippen LogP contribution in [0.4, 0.5) is 0 Å². The van der Waals surface area contributed by atoms with Crippen LogP contribution < -0.4 is 4.74 Å². The summed E-state index contributed by atoms with van der Waals surface area (Å²) in [5.74, 6) is 1.91. The Morgan fingerprint density at radius 3 is 2.35 bits per heavy atom. The van der Waals surface area contributed by atoms with Crippen LogP contribution in [0.15, 0.2) is 42.5 Å². The van der Waals surface area contributed by atoms with Crippen LogP contribution in [-0.2, 0) is 12.8 Å². The van der Waals surface area contributed by atoms with Gasteiger partial charge in [-0.25, -0.2) is 0 Å². The molecule has 23 heavy (non-hydrogen) atoms. The van der Waals surface area contributed by atoms with Gasteiger partial charge in [-0.05, 0) is 67.1 Å². The maximum atomic E-state index is 6.06. The van der Waals surface area contributed by atoms with Gasteiger partial charge in [0.05, 0.1) is 0 Å². The molecule has 1 nitrogen and oxygen atoms in total. The predicted octanol–water partition coefficient (Wildman–Crippen LogP) is 5.91. The molecular weight excluding hydrogens is 296 g/mol. The van der Waals surface area contributed by atoms with E-state index in [1.54, 1.807) is 0 Å². The molecule has 0 heterocycles. The molecule has 2 heteroatoms. The fraction of sp³-hybridized carbons (Fsp3) is 0.429. The summed E-state index contributed by atoms with van der Waals surface area (Å²) in [4.78, 5) is 0. The van der Waals surface area contributed by atoms with E-state index in [-0.39, 0.29) is 0 Å². The molecule has 1 aliphatic rings. The Balaban J connectivity index is 1.76. The highest BCUT2D eigenvalue weighted by Crippen LogP contribution is 2.36. The van der Waals surface area contributed by atoms with Crippen molar-refractivity contribution in [3.63, 3.8) is 0 Å².